The van der Waals surface area contributed by atoms with E-state index in [4.69, 9.17) is 9.47 Å². The minimum absolute atomic E-state index is 0.0149. The molecule has 9 nitrogen and oxygen atoms in total. The number of aliphatic hydroxyl groups is 1. The summed E-state index contributed by atoms with van der Waals surface area (Å²) in [5, 5.41) is 9.65. The van der Waals surface area contributed by atoms with E-state index in [2.05, 4.69) is 4.90 Å². The second-order valence-corrected chi connectivity index (χ2v) is 10.7. The van der Waals surface area contributed by atoms with Crippen LogP contribution in [0.2, 0.25) is 0 Å². The molecule has 3 heterocycles. The summed E-state index contributed by atoms with van der Waals surface area (Å²) in [6.07, 6.45) is 1.02. The predicted molar refractivity (Wildman–Crippen MR) is 152 cm³/mol. The number of ether oxygens (including phenoxy) is 2. The van der Waals surface area contributed by atoms with Crippen LogP contribution in [0.1, 0.15) is 39.1 Å². The lowest BCUT2D eigenvalue weighted by atomic mass is 9.94. The molecule has 3 aromatic carbocycles. The number of rotatable bonds is 8. The molecule has 0 aliphatic carbocycles. The van der Waals surface area contributed by atoms with Crippen molar-refractivity contribution in [1.82, 2.24) is 9.80 Å². The zero-order valence-corrected chi connectivity index (χ0v) is 22.8. The third kappa shape index (κ3) is 5.37. The summed E-state index contributed by atoms with van der Waals surface area (Å²) in [4.78, 5) is 45.7. The molecular formula is C32H33N3O6. The number of carbonyl (C=O) groups is 3. The van der Waals surface area contributed by atoms with Crippen LogP contribution in [-0.4, -0.2) is 78.1 Å². The molecule has 0 saturated carbocycles. The van der Waals surface area contributed by atoms with Crippen molar-refractivity contribution in [2.45, 2.75) is 25.5 Å². The van der Waals surface area contributed by atoms with Gasteiger partial charge in [-0.05, 0) is 42.7 Å². The number of carbonyl (C=O) groups excluding carboxylic acids is 3. The molecule has 3 amide bonds. The van der Waals surface area contributed by atoms with Gasteiger partial charge in [0, 0.05) is 26.2 Å². The number of hydrogen-bond donors (Lipinski definition) is 1. The average Bonchev–Trinajstić information content (AvgIpc) is 3.26. The third-order valence-electron chi connectivity index (χ3n) is 7.94. The van der Waals surface area contributed by atoms with Crippen molar-refractivity contribution in [3.05, 3.63) is 89.5 Å². The number of piperidine rings is 1. The Morgan fingerprint density at radius 3 is 2.54 bits per heavy atom. The Morgan fingerprint density at radius 1 is 0.951 bits per heavy atom. The molecule has 1 fully saturated rings. The van der Waals surface area contributed by atoms with Gasteiger partial charge in [0.1, 0.15) is 6.61 Å². The molecule has 3 aliphatic rings. The SMILES string of the molecule is O=C([C@@H]1CCCN(c2cccc3c2C(=O)N(C[C@H]2COc4ccccc4O2)C3=O)C1)N(CCO)Cc1ccccc1. The second kappa shape index (κ2) is 11.6. The fraction of sp³-hybridized carbons (Fsp3) is 0.344. The number of amides is 3. The summed E-state index contributed by atoms with van der Waals surface area (Å²) >= 11 is 0. The van der Waals surface area contributed by atoms with Gasteiger partial charge in [0.2, 0.25) is 5.91 Å². The summed E-state index contributed by atoms with van der Waals surface area (Å²) in [6, 6.07) is 22.4. The zero-order chi connectivity index (χ0) is 28.3. The Hall–Kier alpha value is -4.37. The Labute approximate surface area is 238 Å². The van der Waals surface area contributed by atoms with Gasteiger partial charge in [0.25, 0.3) is 11.8 Å². The summed E-state index contributed by atoms with van der Waals surface area (Å²) in [6.45, 7) is 1.99. The van der Waals surface area contributed by atoms with Gasteiger partial charge in [-0.1, -0.05) is 48.5 Å². The van der Waals surface area contributed by atoms with E-state index in [9.17, 15) is 19.5 Å². The highest BCUT2D eigenvalue weighted by Crippen LogP contribution is 2.36. The zero-order valence-electron chi connectivity index (χ0n) is 22.8. The Kier molecular flexibility index (Phi) is 7.61. The van der Waals surface area contributed by atoms with Crippen LogP contribution in [0.15, 0.2) is 72.8 Å². The van der Waals surface area contributed by atoms with Gasteiger partial charge in [-0.3, -0.25) is 19.3 Å². The summed E-state index contributed by atoms with van der Waals surface area (Å²) < 4.78 is 11.8. The molecule has 9 heteroatoms. The van der Waals surface area contributed by atoms with Crippen molar-refractivity contribution in [1.29, 1.82) is 0 Å². The number of nitrogens with zero attached hydrogens (tertiary/aromatic N) is 3. The van der Waals surface area contributed by atoms with Crippen molar-refractivity contribution in [2.24, 2.45) is 5.92 Å². The van der Waals surface area contributed by atoms with Crippen LogP contribution in [-0.2, 0) is 11.3 Å². The molecule has 0 aromatic heterocycles. The number of benzene rings is 3. The maximum atomic E-state index is 13.7. The molecule has 3 aromatic rings. The van der Waals surface area contributed by atoms with Gasteiger partial charge in [-0.15, -0.1) is 0 Å². The lowest BCUT2D eigenvalue weighted by molar-refractivity contribution is -0.137. The molecule has 41 heavy (non-hydrogen) atoms. The van der Waals surface area contributed by atoms with E-state index in [1.165, 1.54) is 4.90 Å². The first-order valence-corrected chi connectivity index (χ1v) is 14.1. The van der Waals surface area contributed by atoms with Gasteiger partial charge in [0.15, 0.2) is 17.6 Å². The van der Waals surface area contributed by atoms with Gasteiger partial charge >= 0.3 is 0 Å². The van der Waals surface area contributed by atoms with Crippen molar-refractivity contribution >= 4 is 23.4 Å². The maximum Gasteiger partial charge on any atom is 0.263 e. The van der Waals surface area contributed by atoms with Crippen molar-refractivity contribution in [3.63, 3.8) is 0 Å². The highest BCUT2D eigenvalue weighted by Gasteiger charge is 2.41. The summed E-state index contributed by atoms with van der Waals surface area (Å²) in [5.74, 6) is 0.222. The first-order chi connectivity index (χ1) is 20.0. The lowest BCUT2D eigenvalue weighted by Crippen LogP contribution is -2.46. The fourth-order valence-corrected chi connectivity index (χ4v) is 5.95. The van der Waals surface area contributed by atoms with Crippen LogP contribution >= 0.6 is 0 Å². The number of imide groups is 1. The first kappa shape index (κ1) is 26.8. The van der Waals surface area contributed by atoms with Crippen LogP contribution in [0.4, 0.5) is 5.69 Å². The van der Waals surface area contributed by atoms with E-state index in [0.717, 1.165) is 18.4 Å². The van der Waals surface area contributed by atoms with Crippen LogP contribution in [0.25, 0.3) is 0 Å². The van der Waals surface area contributed by atoms with Gasteiger partial charge in [0.05, 0.1) is 35.9 Å². The minimum atomic E-state index is -0.477. The minimum Gasteiger partial charge on any atom is -0.486 e. The molecule has 2 atom stereocenters. The summed E-state index contributed by atoms with van der Waals surface area (Å²) in [5.41, 5.74) is 2.41. The number of para-hydroxylation sites is 2. The van der Waals surface area contributed by atoms with Crippen LogP contribution in [0.5, 0.6) is 11.5 Å². The first-order valence-electron chi connectivity index (χ1n) is 14.1. The lowest BCUT2D eigenvalue weighted by Gasteiger charge is -2.37. The Bertz CT molecular complexity index is 1440. The highest BCUT2D eigenvalue weighted by atomic mass is 16.6. The average molecular weight is 556 g/mol. The molecule has 0 bridgehead atoms. The molecule has 212 valence electrons. The molecule has 1 saturated heterocycles. The largest absolute Gasteiger partial charge is 0.486 e. The Morgan fingerprint density at radius 2 is 1.73 bits per heavy atom. The molecule has 1 N–H and O–H groups in total. The van der Waals surface area contributed by atoms with Crippen molar-refractivity contribution in [2.75, 3.05) is 44.3 Å². The molecule has 0 spiro atoms. The molecule has 3 aliphatic heterocycles. The number of fused-ring (bicyclic) bond motifs is 2. The van der Waals surface area contributed by atoms with E-state index in [0.29, 0.717) is 47.9 Å². The van der Waals surface area contributed by atoms with Crippen LogP contribution in [0.3, 0.4) is 0 Å². The third-order valence-corrected chi connectivity index (χ3v) is 7.94. The fourth-order valence-electron chi connectivity index (χ4n) is 5.95. The predicted octanol–water partition coefficient (Wildman–Crippen LogP) is 3.36. The second-order valence-electron chi connectivity index (χ2n) is 10.7. The highest BCUT2D eigenvalue weighted by molar-refractivity contribution is 6.23. The van der Waals surface area contributed by atoms with Gasteiger partial charge < -0.3 is 24.4 Å². The van der Waals surface area contributed by atoms with Crippen LogP contribution < -0.4 is 14.4 Å². The van der Waals surface area contributed by atoms with Gasteiger partial charge in [-0.2, -0.15) is 0 Å². The van der Waals surface area contributed by atoms with E-state index in [1.807, 2.05) is 54.6 Å². The quantitative estimate of drug-likeness (QED) is 0.426. The van der Waals surface area contributed by atoms with Gasteiger partial charge in [-0.25, -0.2) is 0 Å². The molecule has 6 rings (SSSR count). The standard InChI is InChI=1S/C32H33N3O6/c36-17-16-34(18-22-8-2-1-3-9-22)30(37)23-10-7-15-33(19-23)26-12-6-11-25-29(26)32(39)35(31(25)38)20-24-21-40-27-13-4-5-14-28(27)41-24/h1-6,8-9,11-14,23-24,36H,7,10,15-21H2/t23-,24+/m1/s1. The van der Waals surface area contributed by atoms with E-state index < -0.39 is 6.10 Å². The van der Waals surface area contributed by atoms with E-state index in [1.54, 1.807) is 23.1 Å². The smallest absolute Gasteiger partial charge is 0.263 e. The van der Waals surface area contributed by atoms with Crippen LogP contribution in [0, 0.1) is 5.92 Å². The Balaban J connectivity index is 1.18. The normalized spacial score (nSPS) is 19.7. The summed E-state index contributed by atoms with van der Waals surface area (Å²) in [7, 11) is 0. The van der Waals surface area contributed by atoms with Crippen molar-refractivity contribution in [3.8, 4) is 11.5 Å². The molecular weight excluding hydrogens is 522 g/mol. The molecule has 0 unspecified atom stereocenters. The maximum absolute atomic E-state index is 13.7. The van der Waals surface area contributed by atoms with Crippen molar-refractivity contribution < 1.29 is 29.0 Å². The van der Waals surface area contributed by atoms with E-state index >= 15 is 0 Å². The molecule has 0 radical (unpaired) electrons. The number of anilines is 1. The topological polar surface area (TPSA) is 99.6 Å². The van der Waals surface area contributed by atoms with E-state index in [-0.39, 0.29) is 49.9 Å². The number of hydrogen-bond acceptors (Lipinski definition) is 7. The number of aliphatic hydroxyl groups excluding tert-OH is 1. The monoisotopic (exact) mass is 555 g/mol.